The summed E-state index contributed by atoms with van der Waals surface area (Å²) in [6.45, 7) is 13.6. The molecule has 0 aromatic rings. The molecule has 0 amide bonds. The van der Waals surface area contributed by atoms with Crippen molar-refractivity contribution in [1.29, 1.82) is 0 Å². The number of carbonyl (C=O) groups is 1. The van der Waals surface area contributed by atoms with E-state index in [2.05, 4.69) is 20.1 Å². The van der Waals surface area contributed by atoms with Gasteiger partial charge in [0.25, 0.3) is 0 Å². The van der Waals surface area contributed by atoms with Gasteiger partial charge in [-0.1, -0.05) is 25.7 Å². The van der Waals surface area contributed by atoms with Crippen LogP contribution in [-0.4, -0.2) is 39.0 Å². The van der Waals surface area contributed by atoms with Crippen LogP contribution in [-0.2, 0) is 19.0 Å². The number of ether oxygens (including phenoxy) is 3. The molecule has 0 bridgehead atoms. The molecule has 0 spiro atoms. The van der Waals surface area contributed by atoms with Gasteiger partial charge in [0.2, 0.25) is 0 Å². The molecule has 0 aromatic carbocycles. The lowest BCUT2D eigenvalue weighted by Gasteiger charge is -2.39. The van der Waals surface area contributed by atoms with E-state index in [0.717, 1.165) is 12.0 Å². The fourth-order valence-electron chi connectivity index (χ4n) is 1.51. The van der Waals surface area contributed by atoms with Gasteiger partial charge in [-0.05, 0) is 13.3 Å². The Morgan fingerprint density at radius 1 is 1.33 bits per heavy atom. The average Bonchev–Trinajstić information content (AvgIpc) is 2.27. The fraction of sp³-hybridized carbons (Fsp3) is 0.643. The van der Waals surface area contributed by atoms with Gasteiger partial charge in [-0.2, -0.15) is 0 Å². The standard InChI is InChI=1S/C14H22O4/c1-5-14(8-17-9-14)10-18-13(15)12(4)7-16-6-11(2)3/h2,4-10H2,1,3H3. The molecule has 1 heterocycles. The Hall–Kier alpha value is -1.13. The van der Waals surface area contributed by atoms with Crippen molar-refractivity contribution in [3.63, 3.8) is 0 Å². The third-order valence-corrected chi connectivity index (χ3v) is 2.99. The molecule has 0 unspecified atom stereocenters. The molecular formula is C14H22O4. The van der Waals surface area contributed by atoms with Crippen molar-refractivity contribution in [2.24, 2.45) is 5.41 Å². The summed E-state index contributed by atoms with van der Waals surface area (Å²) in [5, 5.41) is 0. The summed E-state index contributed by atoms with van der Waals surface area (Å²) < 4.78 is 15.7. The van der Waals surface area contributed by atoms with E-state index in [-0.39, 0.29) is 12.0 Å². The molecule has 102 valence electrons. The van der Waals surface area contributed by atoms with Crippen LogP contribution in [0.4, 0.5) is 0 Å². The summed E-state index contributed by atoms with van der Waals surface area (Å²) in [5.74, 6) is -0.392. The zero-order chi connectivity index (χ0) is 13.6. The number of rotatable bonds is 8. The number of carbonyl (C=O) groups excluding carboxylic acids is 1. The Bertz CT molecular complexity index is 323. The van der Waals surface area contributed by atoms with E-state index in [9.17, 15) is 4.79 Å². The summed E-state index contributed by atoms with van der Waals surface area (Å²) in [6.07, 6.45) is 0.943. The second kappa shape index (κ2) is 6.71. The van der Waals surface area contributed by atoms with E-state index in [4.69, 9.17) is 14.2 Å². The second-order valence-electron chi connectivity index (χ2n) is 4.98. The predicted octanol–water partition coefficient (Wildman–Crippen LogP) is 2.11. The third kappa shape index (κ3) is 4.27. The van der Waals surface area contributed by atoms with Crippen LogP contribution in [0.3, 0.4) is 0 Å². The predicted molar refractivity (Wildman–Crippen MR) is 69.3 cm³/mol. The van der Waals surface area contributed by atoms with E-state index < -0.39 is 5.97 Å². The van der Waals surface area contributed by atoms with Gasteiger partial charge in [-0.25, -0.2) is 4.79 Å². The first kappa shape index (κ1) is 14.9. The Balaban J connectivity index is 2.23. The first-order chi connectivity index (χ1) is 8.49. The van der Waals surface area contributed by atoms with Crippen molar-refractivity contribution in [3.8, 4) is 0 Å². The smallest absolute Gasteiger partial charge is 0.335 e. The minimum absolute atomic E-state index is 0.00843. The van der Waals surface area contributed by atoms with E-state index in [1.54, 1.807) is 0 Å². The van der Waals surface area contributed by atoms with E-state index in [1.807, 2.05) is 6.92 Å². The maximum absolute atomic E-state index is 11.7. The number of hydrogen-bond donors (Lipinski definition) is 0. The molecule has 1 aliphatic rings. The van der Waals surface area contributed by atoms with Gasteiger partial charge in [0.05, 0.1) is 37.4 Å². The van der Waals surface area contributed by atoms with Gasteiger partial charge >= 0.3 is 5.97 Å². The molecule has 0 radical (unpaired) electrons. The monoisotopic (exact) mass is 254 g/mol. The molecule has 1 rings (SSSR count). The minimum atomic E-state index is -0.392. The second-order valence-corrected chi connectivity index (χ2v) is 4.98. The van der Waals surface area contributed by atoms with Crippen molar-refractivity contribution >= 4 is 5.97 Å². The molecule has 0 aliphatic carbocycles. The molecule has 0 saturated carbocycles. The molecule has 1 saturated heterocycles. The average molecular weight is 254 g/mol. The van der Waals surface area contributed by atoms with Crippen LogP contribution in [0.25, 0.3) is 0 Å². The van der Waals surface area contributed by atoms with Crippen molar-refractivity contribution in [3.05, 3.63) is 24.3 Å². The van der Waals surface area contributed by atoms with Crippen LogP contribution in [0.1, 0.15) is 20.3 Å². The van der Waals surface area contributed by atoms with Crippen molar-refractivity contribution in [2.75, 3.05) is 33.0 Å². The largest absolute Gasteiger partial charge is 0.462 e. The minimum Gasteiger partial charge on any atom is -0.462 e. The van der Waals surface area contributed by atoms with Crippen molar-refractivity contribution in [1.82, 2.24) is 0 Å². The Morgan fingerprint density at radius 2 is 2.00 bits per heavy atom. The quantitative estimate of drug-likeness (QED) is 0.378. The van der Waals surface area contributed by atoms with Gasteiger partial charge in [-0.15, -0.1) is 0 Å². The zero-order valence-corrected chi connectivity index (χ0v) is 11.3. The van der Waals surface area contributed by atoms with E-state index in [1.165, 1.54) is 0 Å². The molecular weight excluding hydrogens is 232 g/mol. The Labute approximate surface area is 109 Å². The van der Waals surface area contributed by atoms with Crippen molar-refractivity contribution in [2.45, 2.75) is 20.3 Å². The summed E-state index contributed by atoms with van der Waals surface area (Å²) in [4.78, 5) is 11.7. The molecule has 0 N–H and O–H groups in total. The molecule has 1 aliphatic heterocycles. The van der Waals surface area contributed by atoms with Gasteiger partial charge in [-0.3, -0.25) is 0 Å². The molecule has 0 aromatic heterocycles. The first-order valence-electron chi connectivity index (χ1n) is 6.14. The maximum atomic E-state index is 11.7. The van der Waals surface area contributed by atoms with Crippen LogP contribution in [0, 0.1) is 5.41 Å². The zero-order valence-electron chi connectivity index (χ0n) is 11.3. The highest BCUT2D eigenvalue weighted by atomic mass is 16.5. The summed E-state index contributed by atoms with van der Waals surface area (Å²) in [6, 6.07) is 0. The highest BCUT2D eigenvalue weighted by Crippen LogP contribution is 2.31. The van der Waals surface area contributed by atoms with Crippen LogP contribution < -0.4 is 0 Å². The molecule has 4 heteroatoms. The summed E-state index contributed by atoms with van der Waals surface area (Å²) >= 11 is 0. The van der Waals surface area contributed by atoms with Crippen LogP contribution in [0.15, 0.2) is 24.3 Å². The lowest BCUT2D eigenvalue weighted by molar-refractivity contribution is -0.167. The van der Waals surface area contributed by atoms with Crippen LogP contribution in [0.2, 0.25) is 0 Å². The maximum Gasteiger partial charge on any atom is 0.335 e. The Kier molecular flexibility index (Phi) is 5.56. The SMILES string of the molecule is C=C(C)COCC(=C)C(=O)OCC1(CC)COC1. The number of hydrogen-bond acceptors (Lipinski definition) is 4. The van der Waals surface area contributed by atoms with E-state index >= 15 is 0 Å². The van der Waals surface area contributed by atoms with E-state index in [0.29, 0.717) is 32.0 Å². The van der Waals surface area contributed by atoms with Gasteiger partial charge < -0.3 is 14.2 Å². The lowest BCUT2D eigenvalue weighted by Crippen LogP contribution is -2.46. The highest BCUT2D eigenvalue weighted by molar-refractivity contribution is 5.88. The fourth-order valence-corrected chi connectivity index (χ4v) is 1.51. The molecule has 4 nitrogen and oxygen atoms in total. The normalized spacial score (nSPS) is 16.8. The van der Waals surface area contributed by atoms with Crippen LogP contribution >= 0.6 is 0 Å². The topological polar surface area (TPSA) is 44.8 Å². The summed E-state index contributed by atoms with van der Waals surface area (Å²) in [7, 11) is 0. The first-order valence-corrected chi connectivity index (χ1v) is 6.14. The lowest BCUT2D eigenvalue weighted by atomic mass is 9.84. The molecule has 0 atom stereocenters. The van der Waals surface area contributed by atoms with Gasteiger partial charge in [0.1, 0.15) is 6.61 Å². The Morgan fingerprint density at radius 3 is 2.44 bits per heavy atom. The summed E-state index contributed by atoms with van der Waals surface area (Å²) in [5.41, 5.74) is 1.25. The van der Waals surface area contributed by atoms with Crippen molar-refractivity contribution < 1.29 is 19.0 Å². The molecule has 18 heavy (non-hydrogen) atoms. The number of esters is 1. The van der Waals surface area contributed by atoms with Gasteiger partial charge in [0, 0.05) is 0 Å². The molecule has 1 fully saturated rings. The van der Waals surface area contributed by atoms with Gasteiger partial charge in [0.15, 0.2) is 0 Å². The highest BCUT2D eigenvalue weighted by Gasteiger charge is 2.38. The third-order valence-electron chi connectivity index (χ3n) is 2.99. The van der Waals surface area contributed by atoms with Crippen LogP contribution in [0.5, 0.6) is 0 Å².